The number of nitrogens with zero attached hydrogens (tertiary/aromatic N) is 4. The summed E-state index contributed by atoms with van der Waals surface area (Å²) < 4.78 is 7.55. The van der Waals surface area contributed by atoms with Crippen LogP contribution in [0.2, 0.25) is 5.02 Å². The maximum Gasteiger partial charge on any atom is 0.265 e. The zero-order valence-electron chi connectivity index (χ0n) is 17.2. The Morgan fingerprint density at radius 3 is 2.65 bits per heavy atom. The van der Waals surface area contributed by atoms with E-state index < -0.39 is 0 Å². The molecule has 158 valence electrons. The third kappa shape index (κ3) is 5.13. The summed E-state index contributed by atoms with van der Waals surface area (Å²) in [4.78, 5) is 19.8. The van der Waals surface area contributed by atoms with Gasteiger partial charge in [-0.3, -0.25) is 4.79 Å². The van der Waals surface area contributed by atoms with Gasteiger partial charge in [-0.25, -0.2) is 9.67 Å². The molecule has 31 heavy (non-hydrogen) atoms. The van der Waals surface area contributed by atoms with Gasteiger partial charge in [0.2, 0.25) is 0 Å². The molecule has 0 N–H and O–H groups in total. The van der Waals surface area contributed by atoms with Crippen molar-refractivity contribution in [3.63, 3.8) is 0 Å². The lowest BCUT2D eigenvalue weighted by molar-refractivity contribution is 0.0789. The van der Waals surface area contributed by atoms with Crippen molar-refractivity contribution in [2.24, 2.45) is 0 Å². The molecule has 2 aromatic carbocycles. The molecule has 0 bridgehead atoms. The number of para-hydroxylation sites is 1. The van der Waals surface area contributed by atoms with Crippen molar-refractivity contribution >= 4 is 28.8 Å². The summed E-state index contributed by atoms with van der Waals surface area (Å²) in [6.45, 7) is 2.60. The van der Waals surface area contributed by atoms with Crippen LogP contribution >= 0.6 is 22.9 Å². The van der Waals surface area contributed by atoms with Gasteiger partial charge in [0.25, 0.3) is 5.91 Å². The number of carbonyl (C=O) groups is 1. The molecule has 2 heterocycles. The highest BCUT2D eigenvalue weighted by Crippen LogP contribution is 2.23. The zero-order chi connectivity index (χ0) is 21.8. The van der Waals surface area contributed by atoms with E-state index in [0.717, 1.165) is 16.3 Å². The van der Waals surface area contributed by atoms with Crippen LogP contribution in [0.25, 0.3) is 5.69 Å². The van der Waals surface area contributed by atoms with Crippen LogP contribution in [-0.4, -0.2) is 32.6 Å². The van der Waals surface area contributed by atoms with Gasteiger partial charge in [-0.1, -0.05) is 29.8 Å². The van der Waals surface area contributed by atoms with Gasteiger partial charge in [0.1, 0.15) is 22.2 Å². The first-order valence-electron chi connectivity index (χ1n) is 9.68. The zero-order valence-corrected chi connectivity index (χ0v) is 18.7. The molecule has 8 heteroatoms. The number of ether oxygens (including phenoxy) is 1. The highest BCUT2D eigenvalue weighted by molar-refractivity contribution is 7.13. The summed E-state index contributed by atoms with van der Waals surface area (Å²) in [5.74, 6) is 0.637. The summed E-state index contributed by atoms with van der Waals surface area (Å²) in [6, 6.07) is 17.0. The number of hydrogen-bond donors (Lipinski definition) is 0. The third-order valence-corrected chi connectivity index (χ3v) is 6.01. The van der Waals surface area contributed by atoms with E-state index >= 15 is 0 Å². The number of benzene rings is 2. The van der Waals surface area contributed by atoms with E-state index in [4.69, 9.17) is 16.3 Å². The predicted molar refractivity (Wildman–Crippen MR) is 122 cm³/mol. The molecular weight excluding hydrogens is 432 g/mol. The van der Waals surface area contributed by atoms with Gasteiger partial charge in [0.05, 0.1) is 17.6 Å². The summed E-state index contributed by atoms with van der Waals surface area (Å²) in [5.41, 5.74) is 2.64. The third-order valence-electron chi connectivity index (χ3n) is 4.63. The molecule has 4 aromatic rings. The minimum absolute atomic E-state index is 0.0693. The number of thiazole rings is 1. The van der Waals surface area contributed by atoms with Crippen molar-refractivity contribution in [1.82, 2.24) is 19.7 Å². The fourth-order valence-corrected chi connectivity index (χ4v) is 4.17. The summed E-state index contributed by atoms with van der Waals surface area (Å²) in [5, 5.41) is 5.80. The first-order valence-corrected chi connectivity index (χ1v) is 10.9. The highest BCUT2D eigenvalue weighted by Gasteiger charge is 2.20. The van der Waals surface area contributed by atoms with Crippen LogP contribution in [0.15, 0.2) is 67.0 Å². The van der Waals surface area contributed by atoms with Crippen LogP contribution in [0.3, 0.4) is 0 Å². The number of rotatable bonds is 7. The van der Waals surface area contributed by atoms with E-state index in [1.54, 1.807) is 47.1 Å². The molecule has 0 aliphatic heterocycles. The highest BCUT2D eigenvalue weighted by atomic mass is 35.5. The standard InChI is InChI=1S/C23H21ClN4O2S/c1-16-22(31-21(26-16)15-30-20-10-8-18(24)9-11-20)23(29)27(2)13-17-12-25-28(14-17)19-6-4-3-5-7-19/h3-12,14H,13,15H2,1-2H3. The minimum atomic E-state index is -0.0693. The fraction of sp³-hybridized carbons (Fsp3) is 0.174. The molecule has 0 aliphatic rings. The molecule has 4 rings (SSSR count). The molecule has 0 radical (unpaired) electrons. The molecule has 0 fully saturated rings. The predicted octanol–water partition coefficient (Wildman–Crippen LogP) is 5.14. The van der Waals surface area contributed by atoms with Crippen molar-refractivity contribution in [1.29, 1.82) is 0 Å². The number of hydrogen-bond acceptors (Lipinski definition) is 5. The first-order chi connectivity index (χ1) is 15.0. The van der Waals surface area contributed by atoms with E-state index in [9.17, 15) is 4.79 Å². The molecule has 0 atom stereocenters. The molecular formula is C23H21ClN4O2S. The van der Waals surface area contributed by atoms with Crippen LogP contribution in [0.4, 0.5) is 0 Å². The average molecular weight is 453 g/mol. The van der Waals surface area contributed by atoms with E-state index in [2.05, 4.69) is 10.1 Å². The minimum Gasteiger partial charge on any atom is -0.486 e. The van der Waals surface area contributed by atoms with Crippen molar-refractivity contribution in [3.05, 3.63) is 93.2 Å². The fourth-order valence-electron chi connectivity index (χ4n) is 3.07. The smallest absolute Gasteiger partial charge is 0.265 e. The number of carbonyl (C=O) groups excluding carboxylic acids is 1. The van der Waals surface area contributed by atoms with E-state index in [0.29, 0.717) is 34.5 Å². The quantitative estimate of drug-likeness (QED) is 0.389. The topological polar surface area (TPSA) is 60.2 Å². The lowest BCUT2D eigenvalue weighted by atomic mass is 10.3. The molecule has 6 nitrogen and oxygen atoms in total. The largest absolute Gasteiger partial charge is 0.486 e. The van der Waals surface area contributed by atoms with Crippen LogP contribution in [0.5, 0.6) is 5.75 Å². The Balaban J connectivity index is 1.39. The van der Waals surface area contributed by atoms with Crippen molar-refractivity contribution in [3.8, 4) is 11.4 Å². The van der Waals surface area contributed by atoms with E-state index in [-0.39, 0.29) is 5.91 Å². The van der Waals surface area contributed by atoms with Crippen molar-refractivity contribution in [2.45, 2.75) is 20.1 Å². The van der Waals surface area contributed by atoms with Gasteiger partial charge < -0.3 is 9.64 Å². The molecule has 0 aliphatic carbocycles. The Morgan fingerprint density at radius 1 is 1.16 bits per heavy atom. The Hall–Kier alpha value is -3.16. The number of aromatic nitrogens is 3. The van der Waals surface area contributed by atoms with Gasteiger partial charge in [0, 0.05) is 30.4 Å². The summed E-state index contributed by atoms with van der Waals surface area (Å²) in [7, 11) is 1.78. The van der Waals surface area contributed by atoms with Gasteiger partial charge in [-0.05, 0) is 43.3 Å². The Labute approximate surface area is 189 Å². The average Bonchev–Trinajstić information content (AvgIpc) is 3.40. The molecule has 2 aromatic heterocycles. The molecule has 1 amide bonds. The monoisotopic (exact) mass is 452 g/mol. The second kappa shape index (κ2) is 9.32. The summed E-state index contributed by atoms with van der Waals surface area (Å²) in [6.07, 6.45) is 3.71. The Bertz CT molecular complexity index is 1170. The lowest BCUT2D eigenvalue weighted by Gasteiger charge is -2.15. The first kappa shape index (κ1) is 21.1. The second-order valence-corrected chi connectivity index (χ2v) is 8.57. The number of aryl methyl sites for hydroxylation is 1. The van der Waals surface area contributed by atoms with Gasteiger partial charge in [-0.2, -0.15) is 5.10 Å². The molecule has 0 saturated carbocycles. The van der Waals surface area contributed by atoms with Crippen LogP contribution < -0.4 is 4.74 Å². The van der Waals surface area contributed by atoms with Crippen LogP contribution in [0, 0.1) is 6.92 Å². The van der Waals surface area contributed by atoms with E-state index in [1.807, 2.05) is 43.5 Å². The van der Waals surface area contributed by atoms with Crippen molar-refractivity contribution < 1.29 is 9.53 Å². The molecule has 0 unspecified atom stereocenters. The maximum absolute atomic E-state index is 13.0. The Kier molecular flexibility index (Phi) is 6.34. The number of amides is 1. The van der Waals surface area contributed by atoms with Gasteiger partial charge in [0.15, 0.2) is 0 Å². The van der Waals surface area contributed by atoms with E-state index in [1.165, 1.54) is 11.3 Å². The number of halogens is 1. The maximum atomic E-state index is 13.0. The second-order valence-electron chi connectivity index (χ2n) is 7.05. The summed E-state index contributed by atoms with van der Waals surface area (Å²) >= 11 is 7.25. The van der Waals surface area contributed by atoms with Crippen molar-refractivity contribution in [2.75, 3.05) is 7.05 Å². The van der Waals surface area contributed by atoms with Gasteiger partial charge >= 0.3 is 0 Å². The molecule has 0 saturated heterocycles. The van der Waals surface area contributed by atoms with Gasteiger partial charge in [-0.15, -0.1) is 11.3 Å². The van der Waals surface area contributed by atoms with Crippen LogP contribution in [-0.2, 0) is 13.2 Å². The lowest BCUT2D eigenvalue weighted by Crippen LogP contribution is -2.25. The normalized spacial score (nSPS) is 10.8. The van der Waals surface area contributed by atoms with Crippen LogP contribution in [0.1, 0.15) is 25.9 Å². The Morgan fingerprint density at radius 2 is 1.90 bits per heavy atom. The molecule has 0 spiro atoms. The SMILES string of the molecule is Cc1nc(COc2ccc(Cl)cc2)sc1C(=O)N(C)Cc1cnn(-c2ccccc2)c1.